The van der Waals surface area contributed by atoms with E-state index in [0.717, 1.165) is 11.1 Å². The van der Waals surface area contributed by atoms with E-state index in [9.17, 15) is 9.90 Å². The molecule has 4 nitrogen and oxygen atoms in total. The molecule has 0 aliphatic rings. The van der Waals surface area contributed by atoms with E-state index < -0.39 is 5.97 Å². The van der Waals surface area contributed by atoms with E-state index in [0.29, 0.717) is 5.75 Å². The molecule has 5 heteroatoms. The number of aromatic hydroxyl groups is 2. The molecule has 0 amide bonds. The minimum absolute atomic E-state index is 0. The Balaban J connectivity index is 0.000000497. The molecule has 0 spiro atoms. The Morgan fingerprint density at radius 3 is 1.62 bits per heavy atom. The predicted molar refractivity (Wildman–Crippen MR) is 99.4 cm³/mol. The summed E-state index contributed by atoms with van der Waals surface area (Å²) in [4.78, 5) is 10.3. The number of carbonyl (C=O) groups is 1. The van der Waals surface area contributed by atoms with Crippen LogP contribution in [0.3, 0.4) is 0 Å². The molecule has 0 atom stereocenters. The Morgan fingerprint density at radius 2 is 1.31 bits per heavy atom. The largest absolute Gasteiger partial charge is 1.00 e. The first-order valence-corrected chi connectivity index (χ1v) is 8.11. The van der Waals surface area contributed by atoms with Gasteiger partial charge in [0, 0.05) is 5.75 Å². The fraction of sp³-hybridized carbons (Fsp3) is 0.381. The van der Waals surface area contributed by atoms with Gasteiger partial charge in [-0.15, -0.1) is 11.1 Å². The van der Waals surface area contributed by atoms with Gasteiger partial charge in [-0.05, 0) is 12.1 Å². The summed E-state index contributed by atoms with van der Waals surface area (Å²) in [6, 6.07) is 12.7. The van der Waals surface area contributed by atoms with Gasteiger partial charge in [0.15, 0.2) is 0 Å². The standard InChI is InChI=1S/C14H21O.C7H6O3.Na/c1-13(2,3)10-8-7-9-11(12(10)15)14(4,5)6;8-6-4-2-1-3-5(6)7(9)10;/h8-9,15H,1-6H3;1-4,8H,(H,9,10);/q-1;;+1. The molecule has 2 rings (SSSR count). The normalized spacial score (nSPS) is 11.0. The Kier molecular flexibility index (Phi) is 8.91. The van der Waals surface area contributed by atoms with Crippen LogP contribution in [0.1, 0.15) is 63.0 Å². The van der Waals surface area contributed by atoms with E-state index in [4.69, 9.17) is 10.2 Å². The van der Waals surface area contributed by atoms with Gasteiger partial charge in [0.1, 0.15) is 11.3 Å². The second-order valence-corrected chi connectivity index (χ2v) is 7.95. The summed E-state index contributed by atoms with van der Waals surface area (Å²) in [6.07, 6.45) is 0. The first-order valence-electron chi connectivity index (χ1n) is 8.11. The van der Waals surface area contributed by atoms with E-state index in [-0.39, 0.29) is 51.7 Å². The summed E-state index contributed by atoms with van der Waals surface area (Å²) in [5, 5.41) is 27.5. The quantitative estimate of drug-likeness (QED) is 0.532. The third-order valence-electron chi connectivity index (χ3n) is 3.72. The van der Waals surface area contributed by atoms with Crippen molar-refractivity contribution in [3.63, 3.8) is 0 Å². The monoisotopic (exact) mass is 366 g/mol. The van der Waals surface area contributed by atoms with Crippen LogP contribution >= 0.6 is 0 Å². The van der Waals surface area contributed by atoms with E-state index >= 15 is 0 Å². The van der Waals surface area contributed by atoms with Crippen molar-refractivity contribution >= 4 is 5.97 Å². The molecule has 2 aromatic carbocycles. The van der Waals surface area contributed by atoms with Crippen LogP contribution in [0.4, 0.5) is 0 Å². The second kappa shape index (κ2) is 9.45. The van der Waals surface area contributed by atoms with Crippen molar-refractivity contribution < 1.29 is 49.7 Å². The summed E-state index contributed by atoms with van der Waals surface area (Å²) < 4.78 is 0. The van der Waals surface area contributed by atoms with Gasteiger partial charge in [0.2, 0.25) is 0 Å². The Hall–Kier alpha value is -1.49. The van der Waals surface area contributed by atoms with Crippen LogP contribution < -0.4 is 29.6 Å². The zero-order chi connectivity index (χ0) is 19.4. The molecule has 0 aliphatic heterocycles. The van der Waals surface area contributed by atoms with Crippen molar-refractivity contribution in [2.24, 2.45) is 0 Å². The molecule has 0 radical (unpaired) electrons. The summed E-state index contributed by atoms with van der Waals surface area (Å²) >= 11 is 0. The molecule has 0 unspecified atom stereocenters. The molecule has 136 valence electrons. The number of rotatable bonds is 1. The van der Waals surface area contributed by atoms with Crippen molar-refractivity contribution in [1.29, 1.82) is 0 Å². The fourth-order valence-electron chi connectivity index (χ4n) is 2.29. The zero-order valence-electron chi connectivity index (χ0n) is 16.7. The fourth-order valence-corrected chi connectivity index (χ4v) is 2.29. The van der Waals surface area contributed by atoms with E-state index in [1.165, 1.54) is 12.1 Å². The molecule has 0 saturated heterocycles. The van der Waals surface area contributed by atoms with Crippen LogP contribution in [0.2, 0.25) is 0 Å². The van der Waals surface area contributed by atoms with Gasteiger partial charge < -0.3 is 15.3 Å². The van der Waals surface area contributed by atoms with E-state index in [1.54, 1.807) is 12.1 Å². The maximum absolute atomic E-state index is 10.3. The summed E-state index contributed by atoms with van der Waals surface area (Å²) in [5.41, 5.74) is 1.79. The van der Waals surface area contributed by atoms with Gasteiger partial charge in [-0.1, -0.05) is 64.5 Å². The van der Waals surface area contributed by atoms with Gasteiger partial charge in [-0.3, -0.25) is 0 Å². The third kappa shape index (κ3) is 6.67. The van der Waals surface area contributed by atoms with Crippen LogP contribution in [0.15, 0.2) is 36.4 Å². The summed E-state index contributed by atoms with van der Waals surface area (Å²) in [5.74, 6) is -0.887. The minimum Gasteiger partial charge on any atom is -0.533 e. The minimum atomic E-state index is -1.11. The zero-order valence-corrected chi connectivity index (χ0v) is 18.7. The number of phenols is 2. The molecular weight excluding hydrogens is 339 g/mol. The molecule has 0 aliphatic carbocycles. The van der Waals surface area contributed by atoms with E-state index in [1.807, 2.05) is 12.1 Å². The second-order valence-electron chi connectivity index (χ2n) is 7.95. The smallest absolute Gasteiger partial charge is 0.533 e. The molecule has 0 fully saturated rings. The first kappa shape index (κ1) is 24.5. The van der Waals surface area contributed by atoms with Crippen LogP contribution in [0, 0.1) is 6.07 Å². The molecule has 2 aromatic rings. The van der Waals surface area contributed by atoms with Crippen molar-refractivity contribution in [3.05, 3.63) is 59.2 Å². The first-order chi connectivity index (χ1) is 11.4. The Labute approximate surface area is 178 Å². The van der Waals surface area contributed by atoms with Crippen molar-refractivity contribution in [2.75, 3.05) is 0 Å². The number of carboxylic acid groups (broad SMARTS) is 1. The average Bonchev–Trinajstić information content (AvgIpc) is 2.45. The number of carboxylic acids is 1. The van der Waals surface area contributed by atoms with Crippen molar-refractivity contribution in [3.8, 4) is 11.5 Å². The van der Waals surface area contributed by atoms with Crippen molar-refractivity contribution in [1.82, 2.24) is 0 Å². The SMILES string of the molecule is CC(C)(C)c1c[c-]cc(C(C)(C)C)c1O.O=C(O)c1ccccc1O.[Na+]. The molecule has 3 N–H and O–H groups in total. The molecule has 26 heavy (non-hydrogen) atoms. The molecule has 0 bridgehead atoms. The number of phenolic OH excluding ortho intramolecular Hbond substituents is 1. The summed E-state index contributed by atoms with van der Waals surface area (Å²) in [6.45, 7) is 12.6. The number of hydrogen-bond acceptors (Lipinski definition) is 3. The van der Waals surface area contributed by atoms with Crippen LogP contribution in [0.5, 0.6) is 11.5 Å². The number of aromatic carboxylic acids is 1. The average molecular weight is 366 g/mol. The van der Waals surface area contributed by atoms with Crippen LogP contribution in [0.25, 0.3) is 0 Å². The van der Waals surface area contributed by atoms with Gasteiger partial charge in [-0.25, -0.2) is 4.79 Å². The van der Waals surface area contributed by atoms with Gasteiger partial charge in [0.05, 0.1) is 0 Å². The van der Waals surface area contributed by atoms with E-state index in [2.05, 4.69) is 47.6 Å². The van der Waals surface area contributed by atoms with Crippen LogP contribution in [-0.2, 0) is 10.8 Å². The molecule has 0 aromatic heterocycles. The topological polar surface area (TPSA) is 77.8 Å². The summed E-state index contributed by atoms with van der Waals surface area (Å²) in [7, 11) is 0. The molecular formula is C21H27NaO4. The predicted octanol–water partition coefficient (Wildman–Crippen LogP) is 1.88. The van der Waals surface area contributed by atoms with Gasteiger partial charge in [-0.2, -0.15) is 18.2 Å². The molecule has 0 saturated carbocycles. The van der Waals surface area contributed by atoms with Crippen molar-refractivity contribution in [2.45, 2.75) is 52.4 Å². The number of hydrogen-bond donors (Lipinski definition) is 3. The third-order valence-corrected chi connectivity index (χ3v) is 3.72. The number of para-hydroxylation sites is 1. The van der Waals surface area contributed by atoms with Gasteiger partial charge in [0.25, 0.3) is 0 Å². The maximum Gasteiger partial charge on any atom is 1.00 e. The van der Waals surface area contributed by atoms with Crippen LogP contribution in [-0.4, -0.2) is 21.3 Å². The maximum atomic E-state index is 10.3. The Morgan fingerprint density at radius 1 is 0.885 bits per heavy atom. The molecule has 0 heterocycles. The number of benzene rings is 2. The Bertz CT molecular complexity index is 708. The van der Waals surface area contributed by atoms with Gasteiger partial charge >= 0.3 is 35.5 Å².